The smallest absolute Gasteiger partial charge is 0.237 e. The molecule has 9 aromatic carbocycles. The van der Waals surface area contributed by atoms with Crippen LogP contribution in [0.5, 0.6) is 0 Å². The molecule has 0 aliphatic heterocycles. The number of hydrogen-bond acceptors (Lipinski definition) is 1. The second-order valence-corrected chi connectivity index (χ2v) is 13.8. The second kappa shape index (κ2) is 11.7. The van der Waals surface area contributed by atoms with Crippen LogP contribution in [0.4, 0.5) is 0 Å². The standard InChI is InChI=1S/C50H32N3/c1-2-10-33(11-3-1)35-20-25-41(26-21-35)52-32-48(51-44-27-22-40(31-47(44)52)39-19-18-34-12-4-5-15-38(34)30-39)53-45-28-23-36-13-6-8-16-42(36)49(45)50-43-17-9-7-14-37(43)24-29-46(50)53/h1-32H/q+1. The molecule has 0 radical (unpaired) electrons. The molecule has 0 aliphatic rings. The highest BCUT2D eigenvalue weighted by atomic mass is 15.1. The van der Waals surface area contributed by atoms with Gasteiger partial charge < -0.3 is 0 Å². The van der Waals surface area contributed by atoms with Gasteiger partial charge in [0.1, 0.15) is 5.52 Å². The average molecular weight is 675 g/mol. The third-order valence-corrected chi connectivity index (χ3v) is 10.8. The fourth-order valence-corrected chi connectivity index (χ4v) is 8.26. The van der Waals surface area contributed by atoms with Crippen molar-refractivity contribution in [2.24, 2.45) is 0 Å². The molecule has 0 spiro atoms. The predicted molar refractivity (Wildman–Crippen MR) is 221 cm³/mol. The van der Waals surface area contributed by atoms with Gasteiger partial charge in [-0.2, -0.15) is 4.57 Å². The summed E-state index contributed by atoms with van der Waals surface area (Å²) in [5.41, 5.74) is 10.1. The molecular formula is C50H32N3+. The Hall–Kier alpha value is -7.10. The normalized spacial score (nSPS) is 11.8. The van der Waals surface area contributed by atoms with Gasteiger partial charge in [0.25, 0.3) is 0 Å². The highest BCUT2D eigenvalue weighted by Gasteiger charge is 2.23. The van der Waals surface area contributed by atoms with Gasteiger partial charge >= 0.3 is 0 Å². The number of nitrogens with zero attached hydrogens (tertiary/aromatic N) is 3. The molecule has 0 fully saturated rings. The van der Waals surface area contributed by atoms with Gasteiger partial charge in [-0.15, -0.1) is 0 Å². The minimum atomic E-state index is 0.869. The Bertz CT molecular complexity index is 3120. The Morgan fingerprint density at radius 1 is 0.396 bits per heavy atom. The van der Waals surface area contributed by atoms with Crippen molar-refractivity contribution in [3.05, 3.63) is 194 Å². The van der Waals surface area contributed by atoms with E-state index < -0.39 is 0 Å². The Kier molecular flexibility index (Phi) is 6.55. The molecule has 0 amide bonds. The predicted octanol–water partition coefficient (Wildman–Crippen LogP) is 12.4. The van der Waals surface area contributed by atoms with Crippen molar-refractivity contribution in [1.82, 2.24) is 9.55 Å². The van der Waals surface area contributed by atoms with Gasteiger partial charge in [0.2, 0.25) is 23.2 Å². The van der Waals surface area contributed by atoms with E-state index in [-0.39, 0.29) is 0 Å². The van der Waals surface area contributed by atoms with E-state index in [2.05, 4.69) is 203 Å². The largest absolute Gasteiger partial charge is 0.289 e. The van der Waals surface area contributed by atoms with Crippen LogP contribution in [-0.4, -0.2) is 9.55 Å². The quantitative estimate of drug-likeness (QED) is 0.170. The van der Waals surface area contributed by atoms with Crippen molar-refractivity contribution in [3.63, 3.8) is 0 Å². The topological polar surface area (TPSA) is 21.7 Å². The van der Waals surface area contributed by atoms with Crippen LogP contribution in [0.1, 0.15) is 0 Å². The van der Waals surface area contributed by atoms with Crippen molar-refractivity contribution in [3.8, 4) is 33.8 Å². The summed E-state index contributed by atoms with van der Waals surface area (Å²) in [6.07, 6.45) is 2.22. The van der Waals surface area contributed by atoms with Crippen LogP contribution >= 0.6 is 0 Å². The van der Waals surface area contributed by atoms with Gasteiger partial charge in [0.05, 0.1) is 11.0 Å². The van der Waals surface area contributed by atoms with E-state index in [1.807, 2.05) is 0 Å². The lowest BCUT2D eigenvalue weighted by Gasteiger charge is -2.11. The third-order valence-electron chi connectivity index (χ3n) is 10.8. The first-order valence-corrected chi connectivity index (χ1v) is 18.1. The van der Waals surface area contributed by atoms with Crippen LogP contribution in [0.3, 0.4) is 0 Å². The molecule has 11 rings (SSSR count). The lowest BCUT2D eigenvalue weighted by Crippen LogP contribution is -2.32. The van der Waals surface area contributed by atoms with E-state index in [1.54, 1.807) is 0 Å². The molecule has 0 saturated carbocycles. The van der Waals surface area contributed by atoms with E-state index in [1.165, 1.54) is 59.8 Å². The van der Waals surface area contributed by atoms with Crippen molar-refractivity contribution in [2.45, 2.75) is 0 Å². The molecule has 0 bridgehead atoms. The van der Waals surface area contributed by atoms with Gasteiger partial charge in [0, 0.05) is 29.0 Å². The first-order chi connectivity index (χ1) is 26.3. The van der Waals surface area contributed by atoms with E-state index in [9.17, 15) is 0 Å². The number of aromatic nitrogens is 3. The zero-order valence-electron chi connectivity index (χ0n) is 28.8. The van der Waals surface area contributed by atoms with E-state index in [0.717, 1.165) is 39.1 Å². The van der Waals surface area contributed by atoms with Crippen LogP contribution in [0.15, 0.2) is 194 Å². The van der Waals surface area contributed by atoms with Crippen molar-refractivity contribution >= 4 is 65.2 Å². The van der Waals surface area contributed by atoms with Crippen LogP contribution in [0, 0.1) is 0 Å². The summed E-state index contributed by atoms with van der Waals surface area (Å²) >= 11 is 0. The van der Waals surface area contributed by atoms with E-state index in [4.69, 9.17) is 4.98 Å². The van der Waals surface area contributed by atoms with Crippen LogP contribution in [-0.2, 0) is 0 Å². The summed E-state index contributed by atoms with van der Waals surface area (Å²) in [4.78, 5) is 5.46. The molecule has 11 aromatic rings. The van der Waals surface area contributed by atoms with Gasteiger partial charge in [-0.3, -0.25) is 4.57 Å². The zero-order valence-corrected chi connectivity index (χ0v) is 28.8. The Labute approximate surface area is 306 Å². The molecule has 2 heterocycles. The fourth-order valence-electron chi connectivity index (χ4n) is 8.26. The summed E-state index contributed by atoms with van der Waals surface area (Å²) in [5.74, 6) is 0.869. The summed E-state index contributed by atoms with van der Waals surface area (Å²) in [7, 11) is 0. The molecule has 0 atom stereocenters. The molecule has 0 N–H and O–H groups in total. The van der Waals surface area contributed by atoms with Gasteiger partial charge in [-0.25, -0.2) is 4.98 Å². The van der Waals surface area contributed by atoms with Crippen molar-refractivity contribution < 1.29 is 4.57 Å². The second-order valence-electron chi connectivity index (χ2n) is 13.8. The molecule has 2 aromatic heterocycles. The minimum Gasteiger partial charge on any atom is -0.289 e. The summed E-state index contributed by atoms with van der Waals surface area (Å²) in [6.45, 7) is 0. The van der Waals surface area contributed by atoms with Crippen molar-refractivity contribution in [1.29, 1.82) is 0 Å². The fraction of sp³-hybridized carbons (Fsp3) is 0. The maximum Gasteiger partial charge on any atom is 0.237 e. The number of rotatable bonds is 4. The number of fused-ring (bicyclic) bond motifs is 9. The summed E-state index contributed by atoms with van der Waals surface area (Å²) < 4.78 is 4.67. The maximum absolute atomic E-state index is 5.46. The molecule has 246 valence electrons. The SMILES string of the molecule is c1ccc(-c2ccc(-[n+]3cc(-n4c5ccc6ccccc6c5c5c6ccccc6ccc54)nc4ccc(-c5ccc6ccccc6c5)cc43)cc2)cc1. The molecule has 0 aliphatic carbocycles. The lowest BCUT2D eigenvalue weighted by molar-refractivity contribution is -0.567. The maximum atomic E-state index is 5.46. The Morgan fingerprint density at radius 2 is 0.925 bits per heavy atom. The highest BCUT2D eigenvalue weighted by Crippen LogP contribution is 2.40. The van der Waals surface area contributed by atoms with E-state index in [0.29, 0.717) is 0 Å². The summed E-state index contributed by atoms with van der Waals surface area (Å²) in [5, 5.41) is 9.93. The van der Waals surface area contributed by atoms with Gasteiger partial charge in [-0.05, 0) is 91.0 Å². The first-order valence-electron chi connectivity index (χ1n) is 18.1. The third kappa shape index (κ3) is 4.75. The average Bonchev–Trinajstić information content (AvgIpc) is 3.59. The Morgan fingerprint density at radius 3 is 1.62 bits per heavy atom. The van der Waals surface area contributed by atoms with Crippen LogP contribution < -0.4 is 4.57 Å². The first kappa shape index (κ1) is 29.6. The Balaban J connectivity index is 1.19. The summed E-state index contributed by atoms with van der Waals surface area (Å²) in [6, 6.07) is 67.8. The monoisotopic (exact) mass is 674 g/mol. The van der Waals surface area contributed by atoms with Crippen LogP contribution in [0.2, 0.25) is 0 Å². The zero-order chi connectivity index (χ0) is 34.9. The molecule has 0 unspecified atom stereocenters. The number of benzene rings is 9. The van der Waals surface area contributed by atoms with E-state index >= 15 is 0 Å². The molecule has 3 nitrogen and oxygen atoms in total. The molecule has 3 heteroatoms. The van der Waals surface area contributed by atoms with Crippen LogP contribution in [0.25, 0.3) is 98.9 Å². The number of hydrogen-bond donors (Lipinski definition) is 0. The molecular weight excluding hydrogens is 643 g/mol. The van der Waals surface area contributed by atoms with Crippen molar-refractivity contribution in [2.75, 3.05) is 0 Å². The van der Waals surface area contributed by atoms with Gasteiger partial charge in [-0.1, -0.05) is 133 Å². The van der Waals surface area contributed by atoms with Gasteiger partial charge in [0.15, 0.2) is 0 Å². The molecule has 53 heavy (non-hydrogen) atoms. The lowest BCUT2D eigenvalue weighted by atomic mass is 10.00. The minimum absolute atomic E-state index is 0.869. The highest BCUT2D eigenvalue weighted by molar-refractivity contribution is 6.28. The molecule has 0 saturated heterocycles.